The first-order valence-electron chi connectivity index (χ1n) is 5.64. The number of nitrogens with zero attached hydrogens (tertiary/aromatic N) is 1. The first-order chi connectivity index (χ1) is 6.29. The molecule has 0 spiro atoms. The van der Waals surface area contributed by atoms with Crippen LogP contribution in [0.3, 0.4) is 0 Å². The molecule has 0 aliphatic carbocycles. The molecule has 13 heavy (non-hydrogen) atoms. The maximum Gasteiger partial charge on any atom is 0.0558 e. The summed E-state index contributed by atoms with van der Waals surface area (Å²) in [5.74, 6) is 0.805. The SMILES string of the molecule is CCC[C@@H](C)[C@@H]1CCCN1CCO. The zero-order valence-corrected chi connectivity index (χ0v) is 9.00. The number of rotatable bonds is 5. The third-order valence-electron chi connectivity index (χ3n) is 3.20. The minimum atomic E-state index is 0.315. The average molecular weight is 185 g/mol. The predicted octanol–water partition coefficient (Wildman–Crippen LogP) is 1.88. The number of hydrogen-bond donors (Lipinski definition) is 1. The van der Waals surface area contributed by atoms with Crippen LogP contribution in [-0.2, 0) is 0 Å². The van der Waals surface area contributed by atoms with Crippen LogP contribution < -0.4 is 0 Å². The van der Waals surface area contributed by atoms with Crippen molar-refractivity contribution in [2.45, 2.75) is 45.6 Å². The van der Waals surface area contributed by atoms with Crippen molar-refractivity contribution in [2.24, 2.45) is 5.92 Å². The molecule has 0 saturated carbocycles. The summed E-state index contributed by atoms with van der Waals surface area (Å²) in [4.78, 5) is 2.46. The lowest BCUT2D eigenvalue weighted by Crippen LogP contribution is -2.36. The highest BCUT2D eigenvalue weighted by molar-refractivity contribution is 4.82. The van der Waals surface area contributed by atoms with Crippen molar-refractivity contribution in [3.63, 3.8) is 0 Å². The van der Waals surface area contributed by atoms with Gasteiger partial charge in [0.25, 0.3) is 0 Å². The molecule has 2 nitrogen and oxygen atoms in total. The monoisotopic (exact) mass is 185 g/mol. The Kier molecular flexibility index (Phi) is 4.74. The van der Waals surface area contributed by atoms with E-state index >= 15 is 0 Å². The predicted molar refractivity (Wildman–Crippen MR) is 55.8 cm³/mol. The second-order valence-electron chi connectivity index (χ2n) is 4.24. The van der Waals surface area contributed by atoms with E-state index < -0.39 is 0 Å². The van der Waals surface area contributed by atoms with Gasteiger partial charge in [0, 0.05) is 12.6 Å². The number of β-amino-alcohol motifs (C(OH)–C–C–N with tert-alkyl or cyclic N) is 1. The van der Waals surface area contributed by atoms with E-state index in [1.165, 1.54) is 32.2 Å². The number of hydrogen-bond acceptors (Lipinski definition) is 2. The summed E-state index contributed by atoms with van der Waals surface area (Å²) in [6.45, 7) is 6.99. The zero-order valence-electron chi connectivity index (χ0n) is 9.00. The molecule has 1 fully saturated rings. The molecule has 0 radical (unpaired) electrons. The van der Waals surface area contributed by atoms with E-state index in [1.807, 2.05) is 0 Å². The standard InChI is InChI=1S/C11H23NO/c1-3-5-10(2)11-6-4-7-12(11)8-9-13/h10-11,13H,3-9H2,1-2H3/t10-,11+/m1/s1. The number of aliphatic hydroxyl groups excluding tert-OH is 1. The molecule has 2 heteroatoms. The molecule has 1 N–H and O–H groups in total. The molecular weight excluding hydrogens is 162 g/mol. The highest BCUT2D eigenvalue weighted by Gasteiger charge is 2.27. The normalized spacial score (nSPS) is 26.5. The smallest absolute Gasteiger partial charge is 0.0558 e. The van der Waals surface area contributed by atoms with Crippen LogP contribution in [0.1, 0.15) is 39.5 Å². The quantitative estimate of drug-likeness (QED) is 0.707. The Morgan fingerprint density at radius 1 is 1.54 bits per heavy atom. The Morgan fingerprint density at radius 3 is 2.92 bits per heavy atom. The third-order valence-corrected chi connectivity index (χ3v) is 3.20. The molecule has 1 aliphatic rings. The Morgan fingerprint density at radius 2 is 2.31 bits per heavy atom. The van der Waals surface area contributed by atoms with Crippen molar-refractivity contribution in [3.8, 4) is 0 Å². The van der Waals surface area contributed by atoms with Gasteiger partial charge >= 0.3 is 0 Å². The Balaban J connectivity index is 2.37. The van der Waals surface area contributed by atoms with Gasteiger partial charge in [-0.15, -0.1) is 0 Å². The fourth-order valence-electron chi connectivity index (χ4n) is 2.55. The fourth-order valence-corrected chi connectivity index (χ4v) is 2.55. The Labute approximate surface area is 81.9 Å². The van der Waals surface area contributed by atoms with E-state index in [4.69, 9.17) is 5.11 Å². The van der Waals surface area contributed by atoms with Crippen LogP contribution in [0.5, 0.6) is 0 Å². The first-order valence-corrected chi connectivity index (χ1v) is 5.64. The minimum Gasteiger partial charge on any atom is -0.395 e. The summed E-state index contributed by atoms with van der Waals surface area (Å²) in [6, 6.07) is 0.743. The topological polar surface area (TPSA) is 23.5 Å². The van der Waals surface area contributed by atoms with Gasteiger partial charge in [0.1, 0.15) is 0 Å². The van der Waals surface area contributed by atoms with Crippen LogP contribution in [-0.4, -0.2) is 35.7 Å². The van der Waals surface area contributed by atoms with Crippen molar-refractivity contribution >= 4 is 0 Å². The molecule has 1 rings (SSSR count). The third kappa shape index (κ3) is 2.96. The number of likely N-dealkylation sites (tertiary alicyclic amines) is 1. The van der Waals surface area contributed by atoms with Crippen LogP contribution in [0.4, 0.5) is 0 Å². The first kappa shape index (κ1) is 11.0. The highest BCUT2D eigenvalue weighted by atomic mass is 16.3. The maximum atomic E-state index is 8.91. The van der Waals surface area contributed by atoms with Crippen molar-refractivity contribution in [2.75, 3.05) is 19.7 Å². The van der Waals surface area contributed by atoms with Gasteiger partial charge in [0.15, 0.2) is 0 Å². The number of aliphatic hydroxyl groups is 1. The van der Waals surface area contributed by atoms with Gasteiger partial charge in [0.2, 0.25) is 0 Å². The minimum absolute atomic E-state index is 0.315. The van der Waals surface area contributed by atoms with Crippen LogP contribution in [0.2, 0.25) is 0 Å². The molecule has 78 valence electrons. The molecule has 0 aromatic carbocycles. The summed E-state index contributed by atoms with van der Waals surface area (Å²) in [7, 11) is 0. The van der Waals surface area contributed by atoms with E-state index in [0.717, 1.165) is 18.5 Å². The van der Waals surface area contributed by atoms with Crippen molar-refractivity contribution in [1.82, 2.24) is 4.90 Å². The summed E-state index contributed by atoms with van der Waals surface area (Å²) >= 11 is 0. The van der Waals surface area contributed by atoms with E-state index in [2.05, 4.69) is 18.7 Å². The van der Waals surface area contributed by atoms with Crippen molar-refractivity contribution in [3.05, 3.63) is 0 Å². The molecule has 0 amide bonds. The van der Waals surface area contributed by atoms with Gasteiger partial charge in [-0.05, 0) is 31.7 Å². The van der Waals surface area contributed by atoms with Gasteiger partial charge in [-0.1, -0.05) is 20.3 Å². The molecule has 1 saturated heterocycles. The van der Waals surface area contributed by atoms with Gasteiger partial charge in [-0.2, -0.15) is 0 Å². The second-order valence-corrected chi connectivity index (χ2v) is 4.24. The summed E-state index contributed by atoms with van der Waals surface area (Å²) in [5.41, 5.74) is 0. The van der Waals surface area contributed by atoms with E-state index in [1.54, 1.807) is 0 Å². The van der Waals surface area contributed by atoms with Crippen molar-refractivity contribution in [1.29, 1.82) is 0 Å². The molecule has 0 aromatic rings. The van der Waals surface area contributed by atoms with Crippen LogP contribution >= 0.6 is 0 Å². The molecule has 0 aromatic heterocycles. The summed E-state index contributed by atoms with van der Waals surface area (Å²) in [5, 5.41) is 8.91. The molecule has 0 unspecified atom stereocenters. The van der Waals surface area contributed by atoms with Gasteiger partial charge in [-0.3, -0.25) is 4.90 Å². The van der Waals surface area contributed by atoms with E-state index in [0.29, 0.717) is 6.61 Å². The van der Waals surface area contributed by atoms with Crippen LogP contribution in [0.25, 0.3) is 0 Å². The van der Waals surface area contributed by atoms with Gasteiger partial charge in [-0.25, -0.2) is 0 Å². The fraction of sp³-hybridized carbons (Fsp3) is 1.00. The Bertz CT molecular complexity index is 138. The molecule has 1 aliphatic heterocycles. The largest absolute Gasteiger partial charge is 0.395 e. The Hall–Kier alpha value is -0.0800. The maximum absolute atomic E-state index is 8.91. The van der Waals surface area contributed by atoms with E-state index in [-0.39, 0.29) is 0 Å². The average Bonchev–Trinajstić information content (AvgIpc) is 2.54. The lowest BCUT2D eigenvalue weighted by Gasteiger charge is -2.28. The summed E-state index contributed by atoms with van der Waals surface area (Å²) < 4.78 is 0. The lowest BCUT2D eigenvalue weighted by molar-refractivity contribution is 0.150. The van der Waals surface area contributed by atoms with Crippen LogP contribution in [0, 0.1) is 5.92 Å². The molecule has 2 atom stereocenters. The highest BCUT2D eigenvalue weighted by Crippen LogP contribution is 2.26. The van der Waals surface area contributed by atoms with Crippen LogP contribution in [0.15, 0.2) is 0 Å². The molecule has 0 bridgehead atoms. The van der Waals surface area contributed by atoms with E-state index in [9.17, 15) is 0 Å². The molecule has 1 heterocycles. The zero-order chi connectivity index (χ0) is 9.68. The summed E-state index contributed by atoms with van der Waals surface area (Å²) in [6.07, 6.45) is 5.26. The van der Waals surface area contributed by atoms with Crippen molar-refractivity contribution < 1.29 is 5.11 Å². The lowest BCUT2D eigenvalue weighted by atomic mass is 9.95. The second kappa shape index (κ2) is 5.61. The van der Waals surface area contributed by atoms with Gasteiger partial charge in [0.05, 0.1) is 6.61 Å². The molecular formula is C11H23NO. The van der Waals surface area contributed by atoms with Gasteiger partial charge < -0.3 is 5.11 Å².